The Morgan fingerprint density at radius 2 is 2.00 bits per heavy atom. The average Bonchev–Trinajstić information content (AvgIpc) is 3.37. The van der Waals surface area contributed by atoms with Gasteiger partial charge in [-0.1, -0.05) is 6.07 Å². The van der Waals surface area contributed by atoms with Crippen molar-refractivity contribution in [3.8, 4) is 0 Å². The molecule has 3 aromatic rings. The zero-order valence-corrected chi connectivity index (χ0v) is 17.1. The molecular weight excluding hydrogens is 364 g/mol. The Morgan fingerprint density at radius 1 is 1.17 bits per heavy atom. The number of carbonyl (C=O) groups excluding carboxylic acids is 1. The first-order valence-corrected chi connectivity index (χ1v) is 10.3. The number of nitrogens with one attached hydrogen (secondary N) is 1. The van der Waals surface area contributed by atoms with Crippen molar-refractivity contribution in [1.29, 1.82) is 0 Å². The van der Waals surface area contributed by atoms with E-state index in [1.165, 1.54) is 19.3 Å². The second kappa shape index (κ2) is 8.55. The van der Waals surface area contributed by atoms with Crippen LogP contribution in [-0.2, 0) is 13.1 Å². The molecule has 3 aromatic heterocycles. The van der Waals surface area contributed by atoms with E-state index in [2.05, 4.69) is 31.9 Å². The lowest BCUT2D eigenvalue weighted by atomic mass is 10.1. The lowest BCUT2D eigenvalue weighted by Crippen LogP contribution is -2.30. The third-order valence-corrected chi connectivity index (χ3v) is 5.65. The summed E-state index contributed by atoms with van der Waals surface area (Å²) >= 11 is 0. The molecule has 1 saturated heterocycles. The second-order valence-corrected chi connectivity index (χ2v) is 7.71. The van der Waals surface area contributed by atoms with Crippen molar-refractivity contribution in [3.05, 3.63) is 71.1 Å². The standard InChI is InChI=1S/C23H28N4O2/c1-17-13-21(18(2)27(17)16-20-7-6-12-29-20)23(28)25-15-19-8-9-22(24-14-19)26-10-4-3-5-11-26/h6-9,12-14H,3-5,10-11,15-16H2,1-2H3,(H,25,28). The van der Waals surface area contributed by atoms with Crippen LogP contribution < -0.4 is 10.2 Å². The van der Waals surface area contributed by atoms with Gasteiger partial charge >= 0.3 is 0 Å². The predicted molar refractivity (Wildman–Crippen MR) is 113 cm³/mol. The Morgan fingerprint density at radius 3 is 2.69 bits per heavy atom. The summed E-state index contributed by atoms with van der Waals surface area (Å²) < 4.78 is 7.54. The lowest BCUT2D eigenvalue weighted by Gasteiger charge is -2.27. The van der Waals surface area contributed by atoms with E-state index in [4.69, 9.17) is 4.42 Å². The van der Waals surface area contributed by atoms with Crippen LogP contribution in [0.2, 0.25) is 0 Å². The van der Waals surface area contributed by atoms with Crippen LogP contribution in [-0.4, -0.2) is 28.5 Å². The molecule has 4 rings (SSSR count). The molecule has 152 valence electrons. The second-order valence-electron chi connectivity index (χ2n) is 7.71. The number of hydrogen-bond acceptors (Lipinski definition) is 4. The van der Waals surface area contributed by atoms with E-state index in [0.29, 0.717) is 18.7 Å². The van der Waals surface area contributed by atoms with Gasteiger partial charge < -0.3 is 19.2 Å². The Balaban J connectivity index is 1.38. The highest BCUT2D eigenvalue weighted by Gasteiger charge is 2.17. The van der Waals surface area contributed by atoms with Crippen molar-refractivity contribution in [1.82, 2.24) is 14.9 Å². The Labute approximate surface area is 171 Å². The van der Waals surface area contributed by atoms with E-state index in [1.54, 1.807) is 6.26 Å². The molecule has 0 aliphatic carbocycles. The maximum absolute atomic E-state index is 12.7. The fraction of sp³-hybridized carbons (Fsp3) is 0.391. The normalized spacial score (nSPS) is 14.2. The number of aryl methyl sites for hydroxylation is 1. The first-order chi connectivity index (χ1) is 14.1. The smallest absolute Gasteiger partial charge is 0.253 e. The minimum absolute atomic E-state index is 0.0658. The van der Waals surface area contributed by atoms with Crippen LogP contribution in [0.5, 0.6) is 0 Å². The monoisotopic (exact) mass is 392 g/mol. The van der Waals surface area contributed by atoms with Gasteiger partial charge in [0.25, 0.3) is 5.91 Å². The Bertz CT molecular complexity index is 952. The van der Waals surface area contributed by atoms with Crippen LogP contribution in [0.15, 0.2) is 47.2 Å². The van der Waals surface area contributed by atoms with Gasteiger partial charge in [-0.05, 0) is 62.9 Å². The van der Waals surface area contributed by atoms with E-state index in [0.717, 1.165) is 41.6 Å². The number of aromatic nitrogens is 2. The molecule has 6 heteroatoms. The molecule has 1 aliphatic rings. The molecule has 0 saturated carbocycles. The molecule has 29 heavy (non-hydrogen) atoms. The van der Waals surface area contributed by atoms with Crippen molar-refractivity contribution in [2.24, 2.45) is 0 Å². The molecule has 4 heterocycles. The minimum Gasteiger partial charge on any atom is -0.467 e. The number of carbonyl (C=O) groups is 1. The van der Waals surface area contributed by atoms with Crippen LogP contribution in [0.4, 0.5) is 5.82 Å². The summed E-state index contributed by atoms with van der Waals surface area (Å²) in [5.41, 5.74) is 3.68. The van der Waals surface area contributed by atoms with Gasteiger partial charge in [-0.15, -0.1) is 0 Å². The minimum atomic E-state index is -0.0658. The summed E-state index contributed by atoms with van der Waals surface area (Å²) in [4.78, 5) is 19.7. The van der Waals surface area contributed by atoms with Crippen molar-refractivity contribution >= 4 is 11.7 Å². The van der Waals surface area contributed by atoms with Gasteiger partial charge in [-0.25, -0.2) is 4.98 Å². The molecule has 0 bridgehead atoms. The van der Waals surface area contributed by atoms with E-state index in [9.17, 15) is 4.79 Å². The Kier molecular flexibility index (Phi) is 5.69. The fourth-order valence-corrected chi connectivity index (χ4v) is 3.94. The summed E-state index contributed by atoms with van der Waals surface area (Å²) in [6.45, 7) is 7.23. The van der Waals surface area contributed by atoms with E-state index < -0.39 is 0 Å². The third kappa shape index (κ3) is 4.36. The number of furan rings is 1. The van der Waals surface area contributed by atoms with Crippen molar-refractivity contribution in [3.63, 3.8) is 0 Å². The first kappa shape index (κ1) is 19.3. The molecule has 0 atom stereocenters. The number of piperidine rings is 1. The highest BCUT2D eigenvalue weighted by molar-refractivity contribution is 5.95. The SMILES string of the molecule is Cc1cc(C(=O)NCc2ccc(N3CCCCC3)nc2)c(C)n1Cc1ccco1. The van der Waals surface area contributed by atoms with E-state index in [1.807, 2.05) is 38.2 Å². The largest absolute Gasteiger partial charge is 0.467 e. The predicted octanol–water partition coefficient (Wildman–Crippen LogP) is 4.06. The molecule has 0 aromatic carbocycles. The topological polar surface area (TPSA) is 63.3 Å². The number of rotatable bonds is 6. The summed E-state index contributed by atoms with van der Waals surface area (Å²) in [5.74, 6) is 1.84. The van der Waals surface area contributed by atoms with Crippen LogP contribution in [0, 0.1) is 13.8 Å². The zero-order valence-electron chi connectivity index (χ0n) is 17.1. The summed E-state index contributed by atoms with van der Waals surface area (Å²) in [7, 11) is 0. The Hall–Kier alpha value is -3.02. The highest BCUT2D eigenvalue weighted by atomic mass is 16.3. The van der Waals surface area contributed by atoms with Crippen LogP contribution in [0.25, 0.3) is 0 Å². The van der Waals surface area contributed by atoms with Gasteiger partial charge in [-0.2, -0.15) is 0 Å². The zero-order chi connectivity index (χ0) is 20.2. The number of anilines is 1. The molecule has 0 spiro atoms. The highest BCUT2D eigenvalue weighted by Crippen LogP contribution is 2.19. The summed E-state index contributed by atoms with van der Waals surface area (Å²) in [5, 5.41) is 3.03. The number of pyridine rings is 1. The summed E-state index contributed by atoms with van der Waals surface area (Å²) in [6.07, 6.45) is 7.31. The molecule has 0 radical (unpaired) electrons. The first-order valence-electron chi connectivity index (χ1n) is 10.3. The quantitative estimate of drug-likeness (QED) is 0.687. The fourth-order valence-electron chi connectivity index (χ4n) is 3.94. The van der Waals surface area contributed by atoms with Gasteiger partial charge in [0.05, 0.1) is 18.4 Å². The molecule has 1 N–H and O–H groups in total. The van der Waals surface area contributed by atoms with Crippen LogP contribution in [0.3, 0.4) is 0 Å². The number of hydrogen-bond donors (Lipinski definition) is 1. The van der Waals surface area contributed by atoms with E-state index in [-0.39, 0.29) is 5.91 Å². The molecule has 1 aliphatic heterocycles. The van der Waals surface area contributed by atoms with Crippen molar-refractivity contribution in [2.75, 3.05) is 18.0 Å². The van der Waals surface area contributed by atoms with E-state index >= 15 is 0 Å². The van der Waals surface area contributed by atoms with Gasteiger partial charge in [0.2, 0.25) is 0 Å². The molecule has 0 unspecified atom stereocenters. The average molecular weight is 393 g/mol. The van der Waals surface area contributed by atoms with Gasteiger partial charge in [0, 0.05) is 37.2 Å². The number of amides is 1. The maximum atomic E-state index is 12.7. The van der Waals surface area contributed by atoms with Gasteiger partial charge in [0.15, 0.2) is 0 Å². The van der Waals surface area contributed by atoms with Crippen LogP contribution >= 0.6 is 0 Å². The maximum Gasteiger partial charge on any atom is 0.253 e. The lowest BCUT2D eigenvalue weighted by molar-refractivity contribution is 0.0950. The molecule has 1 amide bonds. The van der Waals surface area contributed by atoms with Crippen LogP contribution in [0.1, 0.15) is 52.3 Å². The number of nitrogens with zero attached hydrogens (tertiary/aromatic N) is 3. The van der Waals surface area contributed by atoms with Crippen molar-refractivity contribution < 1.29 is 9.21 Å². The molecular formula is C23H28N4O2. The molecule has 6 nitrogen and oxygen atoms in total. The third-order valence-electron chi connectivity index (χ3n) is 5.65. The van der Waals surface area contributed by atoms with Crippen molar-refractivity contribution in [2.45, 2.75) is 46.2 Å². The van der Waals surface area contributed by atoms with Gasteiger partial charge in [-0.3, -0.25) is 4.79 Å². The molecule has 1 fully saturated rings. The summed E-state index contributed by atoms with van der Waals surface area (Å²) in [6, 6.07) is 9.87. The van der Waals surface area contributed by atoms with Gasteiger partial charge in [0.1, 0.15) is 11.6 Å².